The molecule has 102 valence electrons. The number of nitrogens with two attached hydrogens (primary N) is 1. The Morgan fingerprint density at radius 2 is 1.89 bits per heavy atom. The summed E-state index contributed by atoms with van der Waals surface area (Å²) in [5.41, 5.74) is 6.09. The average molecular weight is 259 g/mol. The van der Waals surface area contributed by atoms with E-state index in [1.807, 2.05) is 43.3 Å². The number of rotatable bonds is 4. The lowest BCUT2D eigenvalue weighted by Gasteiger charge is -2.22. The van der Waals surface area contributed by atoms with Gasteiger partial charge in [0.05, 0.1) is 5.60 Å². The van der Waals surface area contributed by atoms with Crippen molar-refractivity contribution in [1.29, 1.82) is 0 Å². The third kappa shape index (κ3) is 3.25. The highest BCUT2D eigenvalue weighted by Gasteiger charge is 2.17. The van der Waals surface area contributed by atoms with Gasteiger partial charge in [-0.25, -0.2) is 0 Å². The average Bonchev–Trinajstić information content (AvgIpc) is 2.34. The third-order valence-electron chi connectivity index (χ3n) is 2.97. The summed E-state index contributed by atoms with van der Waals surface area (Å²) >= 11 is 0. The van der Waals surface area contributed by atoms with E-state index >= 15 is 0 Å². The summed E-state index contributed by atoms with van der Waals surface area (Å²) < 4.78 is 5.85. The van der Waals surface area contributed by atoms with E-state index in [2.05, 4.69) is 0 Å². The molecule has 0 fully saturated rings. The fraction of sp³-hybridized carbons (Fsp3) is 0.375. The first-order valence-electron chi connectivity index (χ1n) is 6.51. The van der Waals surface area contributed by atoms with Crippen molar-refractivity contribution in [2.75, 3.05) is 6.61 Å². The van der Waals surface area contributed by atoms with Crippen LogP contribution in [-0.2, 0) is 0 Å². The van der Waals surface area contributed by atoms with E-state index in [9.17, 15) is 5.11 Å². The molecule has 1 atom stereocenters. The number of aliphatic hydroxyl groups is 1. The molecule has 0 saturated carbocycles. The van der Waals surface area contributed by atoms with Crippen LogP contribution < -0.4 is 10.5 Å². The molecule has 3 nitrogen and oxygen atoms in total. The first-order valence-corrected chi connectivity index (χ1v) is 6.51. The van der Waals surface area contributed by atoms with Crippen molar-refractivity contribution < 1.29 is 9.84 Å². The summed E-state index contributed by atoms with van der Waals surface area (Å²) in [6.07, 6.45) is 0. The second-order valence-electron chi connectivity index (χ2n) is 5.59. The van der Waals surface area contributed by atoms with Crippen LogP contribution in [0.3, 0.4) is 0 Å². The molecule has 3 heteroatoms. The monoisotopic (exact) mass is 259 g/mol. The van der Waals surface area contributed by atoms with Gasteiger partial charge < -0.3 is 15.6 Å². The lowest BCUT2D eigenvalue weighted by Crippen LogP contribution is -2.28. The van der Waals surface area contributed by atoms with Crippen LogP contribution in [0.5, 0.6) is 5.75 Å². The van der Waals surface area contributed by atoms with Gasteiger partial charge in [-0.05, 0) is 26.2 Å². The van der Waals surface area contributed by atoms with Gasteiger partial charge in [0.2, 0.25) is 0 Å². The third-order valence-corrected chi connectivity index (χ3v) is 2.97. The maximum Gasteiger partial charge on any atom is 0.132 e. The normalized spacial score (nSPS) is 13.5. The van der Waals surface area contributed by atoms with E-state index in [1.54, 1.807) is 13.8 Å². The largest absolute Gasteiger partial charge is 0.490 e. The molecule has 0 saturated heterocycles. The van der Waals surface area contributed by atoms with E-state index in [0.717, 1.165) is 22.1 Å². The predicted octanol–water partition coefficient (Wildman–Crippen LogP) is 3.01. The van der Waals surface area contributed by atoms with Crippen LogP contribution >= 0.6 is 0 Å². The molecule has 3 N–H and O–H groups in total. The second-order valence-corrected chi connectivity index (χ2v) is 5.59. The summed E-state index contributed by atoms with van der Waals surface area (Å²) in [5.74, 6) is 0.773. The van der Waals surface area contributed by atoms with Gasteiger partial charge in [-0.2, -0.15) is 0 Å². The molecule has 0 aliphatic rings. The van der Waals surface area contributed by atoms with Crippen LogP contribution in [0.25, 0.3) is 10.8 Å². The van der Waals surface area contributed by atoms with Crippen LogP contribution in [0.1, 0.15) is 32.4 Å². The Morgan fingerprint density at radius 3 is 2.53 bits per heavy atom. The molecule has 2 rings (SSSR count). The Balaban J connectivity index is 2.50. The Hall–Kier alpha value is -1.58. The van der Waals surface area contributed by atoms with Gasteiger partial charge in [0.15, 0.2) is 0 Å². The van der Waals surface area contributed by atoms with Gasteiger partial charge in [-0.1, -0.05) is 36.4 Å². The molecule has 0 radical (unpaired) electrons. The first kappa shape index (κ1) is 13.8. The van der Waals surface area contributed by atoms with Crippen LogP contribution in [-0.4, -0.2) is 17.3 Å². The van der Waals surface area contributed by atoms with Crippen LogP contribution in [0.2, 0.25) is 0 Å². The molecule has 1 unspecified atom stereocenters. The number of hydrogen-bond acceptors (Lipinski definition) is 3. The quantitative estimate of drug-likeness (QED) is 0.887. The lowest BCUT2D eigenvalue weighted by molar-refractivity contribution is 0.0286. The highest BCUT2D eigenvalue weighted by molar-refractivity contribution is 5.89. The van der Waals surface area contributed by atoms with E-state index < -0.39 is 5.60 Å². The summed E-state index contributed by atoms with van der Waals surface area (Å²) in [7, 11) is 0. The fourth-order valence-electron chi connectivity index (χ4n) is 2.03. The molecule has 0 amide bonds. The SMILES string of the molecule is CC(N)c1ccc2ccccc2c1OCC(C)(C)O. The zero-order valence-electron chi connectivity index (χ0n) is 11.7. The van der Waals surface area contributed by atoms with Gasteiger partial charge in [0.1, 0.15) is 12.4 Å². The molecular weight excluding hydrogens is 238 g/mol. The smallest absolute Gasteiger partial charge is 0.132 e. The Kier molecular flexibility index (Phi) is 3.78. The van der Waals surface area contributed by atoms with Gasteiger partial charge in [0, 0.05) is 17.0 Å². The van der Waals surface area contributed by atoms with Crippen molar-refractivity contribution in [1.82, 2.24) is 0 Å². The van der Waals surface area contributed by atoms with Crippen molar-refractivity contribution in [2.24, 2.45) is 5.73 Å². The van der Waals surface area contributed by atoms with Gasteiger partial charge in [-0.3, -0.25) is 0 Å². The topological polar surface area (TPSA) is 55.5 Å². The number of fused-ring (bicyclic) bond motifs is 1. The first-order chi connectivity index (χ1) is 8.88. The standard InChI is InChI=1S/C16H21NO2/c1-11(17)13-9-8-12-6-4-5-7-14(12)15(13)19-10-16(2,3)18/h4-9,11,18H,10,17H2,1-3H3. The minimum absolute atomic E-state index is 0.110. The predicted molar refractivity (Wildman–Crippen MR) is 78.3 cm³/mol. The number of hydrogen-bond donors (Lipinski definition) is 2. The van der Waals surface area contributed by atoms with Crippen molar-refractivity contribution in [3.8, 4) is 5.75 Å². The minimum atomic E-state index is -0.869. The zero-order valence-corrected chi connectivity index (χ0v) is 11.7. The molecule has 2 aromatic rings. The molecule has 0 bridgehead atoms. The molecule has 0 aliphatic heterocycles. The van der Waals surface area contributed by atoms with Crippen LogP contribution in [0.15, 0.2) is 36.4 Å². The van der Waals surface area contributed by atoms with Crippen molar-refractivity contribution >= 4 is 10.8 Å². The highest BCUT2D eigenvalue weighted by Crippen LogP contribution is 2.33. The second kappa shape index (κ2) is 5.19. The molecule has 0 aliphatic carbocycles. The van der Waals surface area contributed by atoms with E-state index in [0.29, 0.717) is 0 Å². The summed E-state index contributed by atoms with van der Waals surface area (Å²) in [6.45, 7) is 5.62. The summed E-state index contributed by atoms with van der Waals surface area (Å²) in [5, 5.41) is 12.0. The fourth-order valence-corrected chi connectivity index (χ4v) is 2.03. The number of benzene rings is 2. The van der Waals surface area contributed by atoms with Crippen molar-refractivity contribution in [3.63, 3.8) is 0 Å². The molecule has 0 heterocycles. The van der Waals surface area contributed by atoms with Crippen molar-refractivity contribution in [2.45, 2.75) is 32.4 Å². The molecule has 0 aromatic heterocycles. The van der Waals surface area contributed by atoms with Gasteiger partial charge in [-0.15, -0.1) is 0 Å². The summed E-state index contributed by atoms with van der Waals surface area (Å²) in [4.78, 5) is 0. The van der Waals surface area contributed by atoms with Crippen molar-refractivity contribution in [3.05, 3.63) is 42.0 Å². The Bertz CT molecular complexity index is 570. The molecule has 19 heavy (non-hydrogen) atoms. The summed E-state index contributed by atoms with van der Waals surface area (Å²) in [6, 6.07) is 12.0. The van der Waals surface area contributed by atoms with Crippen LogP contribution in [0, 0.1) is 0 Å². The van der Waals surface area contributed by atoms with Crippen LogP contribution in [0.4, 0.5) is 0 Å². The Labute approximate surface area is 114 Å². The van der Waals surface area contributed by atoms with E-state index in [4.69, 9.17) is 10.5 Å². The molecule has 2 aromatic carbocycles. The van der Waals surface area contributed by atoms with Gasteiger partial charge in [0.25, 0.3) is 0 Å². The Morgan fingerprint density at radius 1 is 1.21 bits per heavy atom. The maximum atomic E-state index is 9.82. The number of ether oxygens (including phenoxy) is 1. The maximum absolute atomic E-state index is 9.82. The van der Waals surface area contributed by atoms with Gasteiger partial charge >= 0.3 is 0 Å². The molecular formula is C16H21NO2. The minimum Gasteiger partial charge on any atom is -0.490 e. The van der Waals surface area contributed by atoms with E-state index in [-0.39, 0.29) is 12.6 Å². The highest BCUT2D eigenvalue weighted by atomic mass is 16.5. The molecule has 0 spiro atoms. The van der Waals surface area contributed by atoms with E-state index in [1.165, 1.54) is 0 Å². The lowest BCUT2D eigenvalue weighted by atomic mass is 10.0. The zero-order chi connectivity index (χ0) is 14.0.